The van der Waals surface area contributed by atoms with Crippen molar-refractivity contribution in [3.63, 3.8) is 0 Å². The summed E-state index contributed by atoms with van der Waals surface area (Å²) in [4.78, 5) is 4.41. The highest BCUT2D eigenvalue weighted by molar-refractivity contribution is 5.78. The minimum Gasteiger partial charge on any atom is -0.494 e. The van der Waals surface area contributed by atoms with Crippen molar-refractivity contribution in [3.8, 4) is 17.1 Å². The molecule has 120 valence electrons. The van der Waals surface area contributed by atoms with E-state index in [9.17, 15) is 0 Å². The van der Waals surface area contributed by atoms with E-state index in [0.29, 0.717) is 6.61 Å². The van der Waals surface area contributed by atoms with Crippen molar-refractivity contribution in [1.82, 2.24) is 14.8 Å². The van der Waals surface area contributed by atoms with Gasteiger partial charge in [0.2, 0.25) is 0 Å². The first-order chi connectivity index (χ1) is 11.8. The lowest BCUT2D eigenvalue weighted by Gasteiger charge is -2.09. The van der Waals surface area contributed by atoms with Gasteiger partial charge < -0.3 is 9.30 Å². The first-order valence-electron chi connectivity index (χ1n) is 8.09. The van der Waals surface area contributed by atoms with Crippen LogP contribution in [0.1, 0.15) is 18.1 Å². The van der Waals surface area contributed by atoms with E-state index in [-0.39, 0.29) is 0 Å². The molecule has 0 radical (unpaired) electrons. The molecule has 0 fully saturated rings. The van der Waals surface area contributed by atoms with E-state index in [0.717, 1.165) is 35.8 Å². The monoisotopic (exact) mass is 318 g/mol. The number of hydrogen-bond acceptors (Lipinski definition) is 4. The fourth-order valence-corrected chi connectivity index (χ4v) is 2.89. The van der Waals surface area contributed by atoms with E-state index in [4.69, 9.17) is 4.74 Å². The third-order valence-electron chi connectivity index (χ3n) is 4.09. The molecule has 5 nitrogen and oxygen atoms in total. The molecule has 2 heterocycles. The van der Waals surface area contributed by atoms with Gasteiger partial charge in [0.15, 0.2) is 5.82 Å². The summed E-state index contributed by atoms with van der Waals surface area (Å²) in [6, 6.07) is 14.4. The SMILES string of the molecule is CCOc1ccc(Cn2cnnc2-c2ccc3c(c2)N=CC3)cc1. The standard InChI is InChI=1S/C19H18N4O/c1-2-24-17-7-3-14(4-8-17)12-23-13-21-22-19(23)16-6-5-15-9-10-20-18(15)11-16/h3-8,10-11,13H,2,9,12H2,1H3. The van der Waals surface area contributed by atoms with Crippen LogP contribution in [-0.4, -0.2) is 27.6 Å². The Kier molecular flexibility index (Phi) is 3.83. The van der Waals surface area contributed by atoms with Gasteiger partial charge in [-0.25, -0.2) is 0 Å². The Morgan fingerprint density at radius 1 is 1.12 bits per heavy atom. The predicted molar refractivity (Wildman–Crippen MR) is 94.0 cm³/mol. The van der Waals surface area contributed by atoms with Gasteiger partial charge in [0.1, 0.15) is 12.1 Å². The Morgan fingerprint density at radius 3 is 2.83 bits per heavy atom. The molecule has 1 aliphatic rings. The van der Waals surface area contributed by atoms with Gasteiger partial charge in [0.05, 0.1) is 18.8 Å². The zero-order chi connectivity index (χ0) is 16.4. The van der Waals surface area contributed by atoms with Crippen molar-refractivity contribution in [2.24, 2.45) is 4.99 Å². The molecule has 0 atom stereocenters. The quantitative estimate of drug-likeness (QED) is 0.721. The van der Waals surface area contributed by atoms with Crippen LogP contribution in [-0.2, 0) is 13.0 Å². The third kappa shape index (κ3) is 2.80. The van der Waals surface area contributed by atoms with Crippen molar-refractivity contribution in [1.29, 1.82) is 0 Å². The topological polar surface area (TPSA) is 52.3 Å². The van der Waals surface area contributed by atoms with Crippen LogP contribution in [0.5, 0.6) is 5.75 Å². The summed E-state index contributed by atoms with van der Waals surface area (Å²) in [5, 5.41) is 8.38. The molecule has 0 bridgehead atoms. The summed E-state index contributed by atoms with van der Waals surface area (Å²) in [5.41, 5.74) is 4.51. The summed E-state index contributed by atoms with van der Waals surface area (Å²) in [6.07, 6.45) is 4.62. The maximum Gasteiger partial charge on any atom is 0.164 e. The van der Waals surface area contributed by atoms with Crippen LogP contribution < -0.4 is 4.74 Å². The molecule has 0 unspecified atom stereocenters. The molecule has 0 spiro atoms. The number of aromatic nitrogens is 3. The molecule has 1 aliphatic heterocycles. The van der Waals surface area contributed by atoms with Gasteiger partial charge in [0, 0.05) is 18.2 Å². The average Bonchev–Trinajstić information content (AvgIpc) is 3.25. The smallest absolute Gasteiger partial charge is 0.164 e. The molecule has 0 amide bonds. The second-order valence-electron chi connectivity index (χ2n) is 5.72. The van der Waals surface area contributed by atoms with Crippen molar-refractivity contribution in [2.75, 3.05) is 6.61 Å². The number of rotatable bonds is 5. The molecule has 1 aromatic heterocycles. The van der Waals surface area contributed by atoms with E-state index in [1.165, 1.54) is 11.1 Å². The molecular weight excluding hydrogens is 300 g/mol. The number of aliphatic imine (C=N–C) groups is 1. The number of ether oxygens (including phenoxy) is 1. The summed E-state index contributed by atoms with van der Waals surface area (Å²) in [7, 11) is 0. The minimum atomic E-state index is 0.676. The summed E-state index contributed by atoms with van der Waals surface area (Å²) in [6.45, 7) is 3.38. The lowest BCUT2D eigenvalue weighted by Crippen LogP contribution is -2.01. The Labute approximate surface area is 140 Å². The Bertz CT molecular complexity index is 881. The molecule has 2 aromatic carbocycles. The first kappa shape index (κ1) is 14.6. The highest BCUT2D eigenvalue weighted by atomic mass is 16.5. The second kappa shape index (κ2) is 6.28. The summed E-state index contributed by atoms with van der Waals surface area (Å²) >= 11 is 0. The van der Waals surface area contributed by atoms with Crippen LogP contribution in [0.25, 0.3) is 11.4 Å². The van der Waals surface area contributed by atoms with Gasteiger partial charge in [0.25, 0.3) is 0 Å². The number of nitrogens with zero attached hydrogens (tertiary/aromatic N) is 4. The highest BCUT2D eigenvalue weighted by Gasteiger charge is 2.12. The fraction of sp³-hybridized carbons (Fsp3) is 0.211. The zero-order valence-electron chi connectivity index (χ0n) is 13.5. The van der Waals surface area contributed by atoms with E-state index in [1.54, 1.807) is 6.33 Å². The van der Waals surface area contributed by atoms with Crippen LogP contribution in [0.15, 0.2) is 53.8 Å². The molecule has 0 aliphatic carbocycles. The van der Waals surface area contributed by atoms with Gasteiger partial charge in [-0.3, -0.25) is 4.99 Å². The first-order valence-corrected chi connectivity index (χ1v) is 8.09. The predicted octanol–water partition coefficient (Wildman–Crippen LogP) is 3.65. The van der Waals surface area contributed by atoms with Gasteiger partial charge in [-0.2, -0.15) is 0 Å². The normalized spacial score (nSPS) is 12.4. The lowest BCUT2D eigenvalue weighted by molar-refractivity contribution is 0.340. The summed E-state index contributed by atoms with van der Waals surface area (Å²) in [5.74, 6) is 1.75. The second-order valence-corrected chi connectivity index (χ2v) is 5.72. The zero-order valence-corrected chi connectivity index (χ0v) is 13.5. The molecular formula is C19H18N4O. The fourth-order valence-electron chi connectivity index (χ4n) is 2.89. The minimum absolute atomic E-state index is 0.676. The molecule has 5 heteroatoms. The van der Waals surface area contributed by atoms with E-state index >= 15 is 0 Å². The molecule has 24 heavy (non-hydrogen) atoms. The van der Waals surface area contributed by atoms with Crippen LogP contribution >= 0.6 is 0 Å². The largest absolute Gasteiger partial charge is 0.494 e. The Hall–Kier alpha value is -2.95. The Balaban J connectivity index is 1.59. The highest BCUT2D eigenvalue weighted by Crippen LogP contribution is 2.29. The van der Waals surface area contributed by atoms with Crippen LogP contribution in [0, 0.1) is 0 Å². The van der Waals surface area contributed by atoms with E-state index in [2.05, 4.69) is 50.1 Å². The number of benzene rings is 2. The van der Waals surface area contributed by atoms with Gasteiger partial charge >= 0.3 is 0 Å². The average molecular weight is 318 g/mol. The number of fused-ring (bicyclic) bond motifs is 1. The molecule has 0 saturated heterocycles. The van der Waals surface area contributed by atoms with Gasteiger partial charge in [-0.1, -0.05) is 24.3 Å². The Morgan fingerprint density at radius 2 is 2.00 bits per heavy atom. The molecule has 0 N–H and O–H groups in total. The maximum absolute atomic E-state index is 5.49. The van der Waals surface area contributed by atoms with Crippen molar-refractivity contribution < 1.29 is 4.74 Å². The third-order valence-corrected chi connectivity index (χ3v) is 4.09. The van der Waals surface area contributed by atoms with E-state index in [1.807, 2.05) is 25.3 Å². The van der Waals surface area contributed by atoms with Crippen LogP contribution in [0.4, 0.5) is 5.69 Å². The number of hydrogen-bond donors (Lipinski definition) is 0. The molecule has 3 aromatic rings. The van der Waals surface area contributed by atoms with E-state index < -0.39 is 0 Å². The summed E-state index contributed by atoms with van der Waals surface area (Å²) < 4.78 is 7.54. The van der Waals surface area contributed by atoms with Gasteiger partial charge in [-0.15, -0.1) is 10.2 Å². The van der Waals surface area contributed by atoms with Crippen molar-refractivity contribution >= 4 is 11.9 Å². The lowest BCUT2D eigenvalue weighted by atomic mass is 10.1. The van der Waals surface area contributed by atoms with Crippen LogP contribution in [0.3, 0.4) is 0 Å². The van der Waals surface area contributed by atoms with Crippen molar-refractivity contribution in [3.05, 3.63) is 59.9 Å². The van der Waals surface area contributed by atoms with Crippen molar-refractivity contribution in [2.45, 2.75) is 19.9 Å². The maximum atomic E-state index is 5.49. The molecule has 0 saturated carbocycles. The molecule has 4 rings (SSSR count). The van der Waals surface area contributed by atoms with Crippen LogP contribution in [0.2, 0.25) is 0 Å². The van der Waals surface area contributed by atoms with Gasteiger partial charge in [-0.05, 0) is 36.2 Å².